The molecule has 0 aromatic heterocycles. The van der Waals surface area contributed by atoms with Gasteiger partial charge >= 0.3 is 0 Å². The molecule has 5 heteroatoms. The van der Waals surface area contributed by atoms with Crippen molar-refractivity contribution in [2.75, 3.05) is 13.1 Å². The van der Waals surface area contributed by atoms with Crippen LogP contribution in [0.3, 0.4) is 0 Å². The summed E-state index contributed by atoms with van der Waals surface area (Å²) in [5, 5.41) is 0. The zero-order valence-corrected chi connectivity index (χ0v) is 14.2. The van der Waals surface area contributed by atoms with Gasteiger partial charge in [0.1, 0.15) is 8.24 Å². The van der Waals surface area contributed by atoms with Crippen LogP contribution in [-0.2, 0) is 9.22 Å². The third-order valence-electron chi connectivity index (χ3n) is 3.11. The molecule has 1 heterocycles. The average molecular weight is 274 g/mol. The largest absolute Gasteiger partial charge is 0.520 e. The van der Waals surface area contributed by atoms with Crippen LogP contribution in [0, 0.1) is 5.92 Å². The first kappa shape index (κ1) is 14.9. The van der Waals surface area contributed by atoms with Crippen molar-refractivity contribution in [1.29, 1.82) is 0 Å². The van der Waals surface area contributed by atoms with E-state index in [0.717, 1.165) is 25.9 Å². The van der Waals surface area contributed by atoms with Crippen LogP contribution in [0.15, 0.2) is 0 Å². The van der Waals surface area contributed by atoms with Gasteiger partial charge in [0.25, 0.3) is 5.97 Å². The van der Waals surface area contributed by atoms with Crippen molar-refractivity contribution < 1.29 is 9.22 Å². The summed E-state index contributed by atoms with van der Waals surface area (Å²) in [6, 6.07) is 0. The molecule has 0 saturated carbocycles. The molecule has 100 valence electrons. The number of hydrogen-bond donors (Lipinski definition) is 0. The lowest BCUT2D eigenvalue weighted by molar-refractivity contribution is -0.140. The maximum absolute atomic E-state index is 12.1. The second kappa shape index (κ2) is 5.24. The van der Waals surface area contributed by atoms with Gasteiger partial charge in [-0.3, -0.25) is 4.79 Å². The molecule has 0 spiro atoms. The predicted molar refractivity (Wildman–Crippen MR) is 77.1 cm³/mol. The van der Waals surface area contributed by atoms with Crippen LogP contribution in [0.5, 0.6) is 0 Å². The quantitative estimate of drug-likeness (QED) is 0.741. The second-order valence-corrected chi connectivity index (χ2v) is 16.4. The first-order valence-corrected chi connectivity index (χ1v) is 13.4. The van der Waals surface area contributed by atoms with Crippen LogP contribution in [-0.4, -0.2) is 40.2 Å². The van der Waals surface area contributed by atoms with Gasteiger partial charge in [-0.05, 0) is 39.0 Å². The third kappa shape index (κ3) is 4.93. The zero-order valence-electron chi connectivity index (χ0n) is 12.2. The van der Waals surface area contributed by atoms with E-state index in [1.165, 1.54) is 0 Å². The SMILES string of the molecule is C[Si](C)(C)OC(=O)C1CCCN([Si](C)(C)C)C1. The summed E-state index contributed by atoms with van der Waals surface area (Å²) in [5.41, 5.74) is 0. The monoisotopic (exact) mass is 273 g/mol. The number of piperidine rings is 1. The van der Waals surface area contributed by atoms with Crippen molar-refractivity contribution in [3.8, 4) is 0 Å². The topological polar surface area (TPSA) is 29.5 Å². The van der Waals surface area contributed by atoms with Crippen molar-refractivity contribution >= 4 is 22.5 Å². The van der Waals surface area contributed by atoms with Gasteiger partial charge in [-0.2, -0.15) is 0 Å². The third-order valence-corrected chi connectivity index (χ3v) is 6.23. The van der Waals surface area contributed by atoms with E-state index in [0.29, 0.717) is 0 Å². The Hall–Kier alpha value is -0.136. The van der Waals surface area contributed by atoms with E-state index in [2.05, 4.69) is 43.8 Å². The highest BCUT2D eigenvalue weighted by atomic mass is 28.4. The van der Waals surface area contributed by atoms with Crippen LogP contribution >= 0.6 is 0 Å². The van der Waals surface area contributed by atoms with Gasteiger partial charge < -0.3 is 8.99 Å². The molecule has 17 heavy (non-hydrogen) atoms. The van der Waals surface area contributed by atoms with Gasteiger partial charge in [0.05, 0.1) is 5.92 Å². The Balaban J connectivity index is 2.58. The Kier molecular flexibility index (Phi) is 4.60. The number of nitrogens with zero attached hydrogens (tertiary/aromatic N) is 1. The minimum absolute atomic E-state index is 0.0483. The maximum Gasteiger partial charge on any atom is 0.296 e. The van der Waals surface area contributed by atoms with Crippen LogP contribution in [0.2, 0.25) is 39.3 Å². The predicted octanol–water partition coefficient (Wildman–Crippen LogP) is 2.91. The molecular weight excluding hydrogens is 246 g/mol. The lowest BCUT2D eigenvalue weighted by atomic mass is 10.0. The standard InChI is InChI=1S/C12H27NO2Si2/c1-16(2,3)13-9-7-8-11(10-13)12(14)15-17(4,5)6/h11H,7-10H2,1-6H3. The van der Waals surface area contributed by atoms with E-state index in [4.69, 9.17) is 4.43 Å². The number of hydrogen-bond acceptors (Lipinski definition) is 3. The number of carbonyl (C=O) groups is 1. The molecule has 3 nitrogen and oxygen atoms in total. The summed E-state index contributed by atoms with van der Waals surface area (Å²) in [4.78, 5) is 12.1. The van der Waals surface area contributed by atoms with E-state index >= 15 is 0 Å². The fraction of sp³-hybridized carbons (Fsp3) is 0.917. The van der Waals surface area contributed by atoms with E-state index < -0.39 is 16.6 Å². The Morgan fingerprint density at radius 2 is 1.76 bits per heavy atom. The Labute approximate surface area is 108 Å². The van der Waals surface area contributed by atoms with Crippen molar-refractivity contribution in [2.45, 2.75) is 52.1 Å². The summed E-state index contributed by atoms with van der Waals surface area (Å²) in [7, 11) is -2.99. The van der Waals surface area contributed by atoms with Gasteiger partial charge in [-0.15, -0.1) is 0 Å². The zero-order chi connectivity index (χ0) is 13.3. The number of carbonyl (C=O) groups excluding carboxylic acids is 1. The highest BCUT2D eigenvalue weighted by Gasteiger charge is 2.34. The summed E-state index contributed by atoms with van der Waals surface area (Å²) >= 11 is 0. The van der Waals surface area contributed by atoms with E-state index in [-0.39, 0.29) is 11.9 Å². The Morgan fingerprint density at radius 3 is 2.24 bits per heavy atom. The molecule has 1 aliphatic heterocycles. The highest BCUT2D eigenvalue weighted by Crippen LogP contribution is 2.23. The molecule has 0 radical (unpaired) electrons. The van der Waals surface area contributed by atoms with Crippen molar-refractivity contribution in [3.63, 3.8) is 0 Å². The van der Waals surface area contributed by atoms with Crippen LogP contribution in [0.4, 0.5) is 0 Å². The van der Waals surface area contributed by atoms with E-state index in [9.17, 15) is 4.79 Å². The Morgan fingerprint density at radius 1 is 1.18 bits per heavy atom. The molecule has 0 aliphatic carbocycles. The van der Waals surface area contributed by atoms with Gasteiger partial charge in [0, 0.05) is 6.54 Å². The molecule has 0 amide bonds. The molecule has 1 fully saturated rings. The summed E-state index contributed by atoms with van der Waals surface area (Å²) < 4.78 is 8.16. The minimum Gasteiger partial charge on any atom is -0.520 e. The van der Waals surface area contributed by atoms with Gasteiger partial charge in [0.15, 0.2) is 0 Å². The molecule has 1 saturated heterocycles. The summed E-state index contributed by atoms with van der Waals surface area (Å²) in [5.74, 6) is 0.161. The highest BCUT2D eigenvalue weighted by molar-refractivity contribution is 6.73. The molecule has 0 aromatic rings. The molecule has 1 unspecified atom stereocenters. The van der Waals surface area contributed by atoms with Crippen LogP contribution < -0.4 is 0 Å². The molecule has 1 atom stereocenters. The molecule has 1 aliphatic rings. The number of rotatable bonds is 3. The van der Waals surface area contributed by atoms with Crippen molar-refractivity contribution in [2.24, 2.45) is 5.92 Å². The van der Waals surface area contributed by atoms with E-state index in [1.807, 2.05) is 0 Å². The smallest absolute Gasteiger partial charge is 0.296 e. The van der Waals surface area contributed by atoms with E-state index in [1.54, 1.807) is 0 Å². The first-order valence-electron chi connectivity index (χ1n) is 6.57. The second-order valence-electron chi connectivity index (χ2n) is 6.99. The van der Waals surface area contributed by atoms with Crippen molar-refractivity contribution in [1.82, 2.24) is 4.57 Å². The van der Waals surface area contributed by atoms with Crippen LogP contribution in [0.25, 0.3) is 0 Å². The molecular formula is C12H27NO2Si2. The fourth-order valence-corrected chi connectivity index (χ4v) is 4.53. The lowest BCUT2D eigenvalue weighted by Crippen LogP contribution is -2.52. The van der Waals surface area contributed by atoms with Gasteiger partial charge in [-0.25, -0.2) is 0 Å². The van der Waals surface area contributed by atoms with Crippen molar-refractivity contribution in [3.05, 3.63) is 0 Å². The summed E-state index contributed by atoms with van der Waals surface area (Å²) in [6.45, 7) is 15.3. The first-order chi connectivity index (χ1) is 7.59. The normalized spacial score (nSPS) is 23.5. The van der Waals surface area contributed by atoms with Crippen LogP contribution in [0.1, 0.15) is 12.8 Å². The fourth-order valence-electron chi connectivity index (χ4n) is 2.16. The molecule has 1 rings (SSSR count). The summed E-state index contributed by atoms with van der Waals surface area (Å²) in [6.07, 6.45) is 2.14. The lowest BCUT2D eigenvalue weighted by Gasteiger charge is -2.40. The maximum atomic E-state index is 12.1. The average Bonchev–Trinajstić information content (AvgIpc) is 2.14. The molecule has 0 bridgehead atoms. The van der Waals surface area contributed by atoms with Gasteiger partial charge in [-0.1, -0.05) is 19.6 Å². The minimum atomic E-state index is -1.73. The Bertz CT molecular complexity index is 281. The van der Waals surface area contributed by atoms with Gasteiger partial charge in [0.2, 0.25) is 8.32 Å². The molecule has 0 N–H and O–H groups in total. The molecule has 0 aromatic carbocycles.